The SMILES string of the molecule is CNC(=O)c1cccc(NC(=O)COc2nn(C)c3nc(C)cc(C)c23)c1. The minimum atomic E-state index is -0.347. The van der Waals surface area contributed by atoms with Gasteiger partial charge in [-0.25, -0.2) is 9.67 Å². The van der Waals surface area contributed by atoms with Gasteiger partial charge in [0.15, 0.2) is 12.3 Å². The number of rotatable bonds is 5. The number of fused-ring (bicyclic) bond motifs is 1. The number of aryl methyl sites for hydroxylation is 3. The first kappa shape index (κ1) is 18.4. The topological polar surface area (TPSA) is 98.1 Å². The number of nitrogens with one attached hydrogen (secondary N) is 2. The number of ether oxygens (including phenoxy) is 1. The molecule has 0 saturated heterocycles. The zero-order valence-corrected chi connectivity index (χ0v) is 15.7. The first-order valence-corrected chi connectivity index (χ1v) is 8.44. The molecular formula is C19H21N5O3. The Labute approximate surface area is 156 Å². The number of amides is 2. The molecular weight excluding hydrogens is 346 g/mol. The maximum absolute atomic E-state index is 12.2. The Hall–Kier alpha value is -3.42. The molecule has 0 atom stereocenters. The molecule has 0 unspecified atom stereocenters. The number of carbonyl (C=O) groups is 2. The van der Waals surface area contributed by atoms with E-state index in [0.717, 1.165) is 16.6 Å². The summed E-state index contributed by atoms with van der Waals surface area (Å²) in [5.41, 5.74) is 3.57. The van der Waals surface area contributed by atoms with E-state index in [9.17, 15) is 9.59 Å². The summed E-state index contributed by atoms with van der Waals surface area (Å²) in [6, 6.07) is 8.62. The van der Waals surface area contributed by atoms with E-state index in [4.69, 9.17) is 4.74 Å². The molecule has 2 aromatic heterocycles. The smallest absolute Gasteiger partial charge is 0.262 e. The van der Waals surface area contributed by atoms with Crippen LogP contribution in [0.15, 0.2) is 30.3 Å². The van der Waals surface area contributed by atoms with Gasteiger partial charge in [0.05, 0.1) is 5.39 Å². The van der Waals surface area contributed by atoms with Gasteiger partial charge < -0.3 is 15.4 Å². The largest absolute Gasteiger partial charge is 0.466 e. The van der Waals surface area contributed by atoms with Crippen LogP contribution in [-0.4, -0.2) is 40.2 Å². The van der Waals surface area contributed by atoms with E-state index in [0.29, 0.717) is 22.8 Å². The predicted octanol–water partition coefficient (Wildman–Crippen LogP) is 1.96. The second-order valence-electron chi connectivity index (χ2n) is 6.20. The summed E-state index contributed by atoms with van der Waals surface area (Å²) in [4.78, 5) is 28.4. The Bertz CT molecular complexity index is 1030. The second-order valence-corrected chi connectivity index (χ2v) is 6.20. The molecule has 1 aromatic carbocycles. The molecule has 0 aliphatic carbocycles. The molecule has 0 radical (unpaired) electrons. The number of hydrogen-bond acceptors (Lipinski definition) is 5. The fourth-order valence-corrected chi connectivity index (χ4v) is 2.86. The molecule has 27 heavy (non-hydrogen) atoms. The molecule has 0 saturated carbocycles. The number of nitrogens with zero attached hydrogens (tertiary/aromatic N) is 3. The van der Waals surface area contributed by atoms with E-state index in [1.807, 2.05) is 19.9 Å². The molecule has 3 rings (SSSR count). The van der Waals surface area contributed by atoms with Crippen LogP contribution in [0.1, 0.15) is 21.6 Å². The van der Waals surface area contributed by atoms with Crippen LogP contribution in [0.3, 0.4) is 0 Å². The Morgan fingerprint density at radius 3 is 2.74 bits per heavy atom. The van der Waals surface area contributed by atoms with Crippen molar-refractivity contribution in [2.45, 2.75) is 13.8 Å². The Morgan fingerprint density at radius 2 is 2.00 bits per heavy atom. The normalized spacial score (nSPS) is 10.7. The Morgan fingerprint density at radius 1 is 1.22 bits per heavy atom. The van der Waals surface area contributed by atoms with Gasteiger partial charge in [-0.05, 0) is 43.7 Å². The number of aromatic nitrogens is 3. The van der Waals surface area contributed by atoms with Crippen LogP contribution in [0.5, 0.6) is 5.88 Å². The lowest BCUT2D eigenvalue weighted by atomic mass is 10.2. The molecule has 0 aliphatic rings. The maximum atomic E-state index is 12.2. The monoisotopic (exact) mass is 367 g/mol. The summed E-state index contributed by atoms with van der Waals surface area (Å²) in [5, 5.41) is 10.4. The van der Waals surface area contributed by atoms with Gasteiger partial charge in [-0.2, -0.15) is 0 Å². The Kier molecular flexibility index (Phi) is 5.07. The standard InChI is InChI=1S/C19H21N5O3/c1-11-8-12(2)21-17-16(11)19(23-24(17)4)27-10-15(25)22-14-7-5-6-13(9-14)18(26)20-3/h5-9H,10H2,1-4H3,(H,20,26)(H,22,25). The van der Waals surface area contributed by atoms with Gasteiger partial charge in [-0.3, -0.25) is 9.59 Å². The highest BCUT2D eigenvalue weighted by molar-refractivity contribution is 5.97. The molecule has 2 amide bonds. The van der Waals surface area contributed by atoms with E-state index < -0.39 is 0 Å². The van der Waals surface area contributed by atoms with Gasteiger partial charge in [-0.15, -0.1) is 5.10 Å². The molecule has 2 heterocycles. The van der Waals surface area contributed by atoms with E-state index >= 15 is 0 Å². The van der Waals surface area contributed by atoms with Crippen molar-refractivity contribution in [3.05, 3.63) is 47.2 Å². The van der Waals surface area contributed by atoms with E-state index in [1.54, 1.807) is 43.0 Å². The number of pyridine rings is 1. The quantitative estimate of drug-likeness (QED) is 0.718. The van der Waals surface area contributed by atoms with Crippen LogP contribution in [0.25, 0.3) is 11.0 Å². The average Bonchev–Trinajstić information content (AvgIpc) is 2.95. The van der Waals surface area contributed by atoms with E-state index in [1.165, 1.54) is 0 Å². The van der Waals surface area contributed by atoms with Crippen LogP contribution >= 0.6 is 0 Å². The summed E-state index contributed by atoms with van der Waals surface area (Å²) in [7, 11) is 3.34. The van der Waals surface area contributed by atoms with E-state index in [2.05, 4.69) is 20.7 Å². The van der Waals surface area contributed by atoms with Crippen molar-refractivity contribution in [1.29, 1.82) is 0 Å². The highest BCUT2D eigenvalue weighted by Crippen LogP contribution is 2.27. The highest BCUT2D eigenvalue weighted by atomic mass is 16.5. The number of hydrogen-bond donors (Lipinski definition) is 2. The number of benzene rings is 1. The second kappa shape index (κ2) is 7.45. The van der Waals surface area contributed by atoms with Gasteiger partial charge in [-0.1, -0.05) is 6.07 Å². The summed E-state index contributed by atoms with van der Waals surface area (Å²) in [5.74, 6) is -0.201. The van der Waals surface area contributed by atoms with Crippen LogP contribution in [-0.2, 0) is 11.8 Å². The van der Waals surface area contributed by atoms with Crippen molar-refractivity contribution in [3.8, 4) is 5.88 Å². The maximum Gasteiger partial charge on any atom is 0.262 e. The van der Waals surface area contributed by atoms with Crippen molar-refractivity contribution in [2.24, 2.45) is 7.05 Å². The van der Waals surface area contributed by atoms with Crippen LogP contribution in [0.4, 0.5) is 5.69 Å². The van der Waals surface area contributed by atoms with Gasteiger partial charge in [0.1, 0.15) is 0 Å². The fourth-order valence-electron chi connectivity index (χ4n) is 2.86. The zero-order valence-electron chi connectivity index (χ0n) is 15.7. The van der Waals surface area contributed by atoms with Crippen LogP contribution in [0, 0.1) is 13.8 Å². The third kappa shape index (κ3) is 3.89. The molecule has 3 aromatic rings. The zero-order chi connectivity index (χ0) is 19.6. The third-order valence-corrected chi connectivity index (χ3v) is 4.06. The van der Waals surface area contributed by atoms with Gasteiger partial charge in [0, 0.05) is 31.0 Å². The lowest BCUT2D eigenvalue weighted by Gasteiger charge is -2.08. The molecule has 0 bridgehead atoms. The van der Waals surface area contributed by atoms with Crippen molar-refractivity contribution in [3.63, 3.8) is 0 Å². The minimum Gasteiger partial charge on any atom is -0.466 e. The molecule has 0 spiro atoms. The summed E-state index contributed by atoms with van der Waals surface area (Å²) < 4.78 is 7.26. The average molecular weight is 367 g/mol. The van der Waals surface area contributed by atoms with Crippen molar-refractivity contribution < 1.29 is 14.3 Å². The predicted molar refractivity (Wildman–Crippen MR) is 102 cm³/mol. The van der Waals surface area contributed by atoms with Gasteiger partial charge in [0.2, 0.25) is 5.88 Å². The summed E-state index contributed by atoms with van der Waals surface area (Å²) in [6.45, 7) is 3.67. The molecule has 0 aliphatic heterocycles. The van der Waals surface area contributed by atoms with Gasteiger partial charge >= 0.3 is 0 Å². The highest BCUT2D eigenvalue weighted by Gasteiger charge is 2.16. The molecule has 8 heteroatoms. The fraction of sp³-hybridized carbons (Fsp3) is 0.263. The summed E-state index contributed by atoms with van der Waals surface area (Å²) >= 11 is 0. The van der Waals surface area contributed by atoms with Crippen molar-refractivity contribution in [1.82, 2.24) is 20.1 Å². The Balaban J connectivity index is 1.72. The molecule has 2 N–H and O–H groups in total. The third-order valence-electron chi connectivity index (χ3n) is 4.06. The molecule has 140 valence electrons. The van der Waals surface area contributed by atoms with Crippen LogP contribution < -0.4 is 15.4 Å². The molecule has 8 nitrogen and oxygen atoms in total. The molecule has 0 fully saturated rings. The van der Waals surface area contributed by atoms with Crippen molar-refractivity contribution in [2.75, 3.05) is 19.0 Å². The van der Waals surface area contributed by atoms with Crippen molar-refractivity contribution >= 4 is 28.5 Å². The number of anilines is 1. The minimum absolute atomic E-state index is 0.205. The van der Waals surface area contributed by atoms with Crippen LogP contribution in [0.2, 0.25) is 0 Å². The van der Waals surface area contributed by atoms with Gasteiger partial charge in [0.25, 0.3) is 11.8 Å². The first-order valence-electron chi connectivity index (χ1n) is 8.44. The lowest BCUT2D eigenvalue weighted by molar-refractivity contribution is -0.118. The number of carbonyl (C=O) groups excluding carboxylic acids is 2. The van der Waals surface area contributed by atoms with E-state index in [-0.39, 0.29) is 18.4 Å². The summed E-state index contributed by atoms with van der Waals surface area (Å²) in [6.07, 6.45) is 0. The first-order chi connectivity index (χ1) is 12.9. The lowest BCUT2D eigenvalue weighted by Crippen LogP contribution is -2.21.